The molecule has 0 aromatic carbocycles. The molecular weight excluding hydrogens is 260 g/mol. The van der Waals surface area contributed by atoms with Gasteiger partial charge in [0.2, 0.25) is 0 Å². The number of fused-ring (bicyclic) bond motifs is 1. The molecule has 0 saturated heterocycles. The Morgan fingerprint density at radius 2 is 2.10 bits per heavy atom. The smallest absolute Gasteiger partial charge is 0.160 e. The van der Waals surface area contributed by atoms with Gasteiger partial charge in [0.15, 0.2) is 11.5 Å². The van der Waals surface area contributed by atoms with Crippen molar-refractivity contribution in [2.45, 2.75) is 65.0 Å². The van der Waals surface area contributed by atoms with E-state index in [1.807, 2.05) is 24.4 Å². The van der Waals surface area contributed by atoms with E-state index in [1.165, 1.54) is 32.1 Å². The third-order valence-electron chi connectivity index (χ3n) is 4.79. The highest BCUT2D eigenvalue weighted by Gasteiger charge is 2.25. The summed E-state index contributed by atoms with van der Waals surface area (Å²) in [7, 11) is 0. The van der Waals surface area contributed by atoms with Crippen LogP contribution < -0.4 is 5.32 Å². The van der Waals surface area contributed by atoms with E-state index >= 15 is 0 Å². The minimum Gasteiger partial charge on any atom is -0.305 e. The summed E-state index contributed by atoms with van der Waals surface area (Å²) in [5.74, 6) is 1.01. The Balaban J connectivity index is 1.70. The van der Waals surface area contributed by atoms with E-state index in [2.05, 4.69) is 40.7 Å². The zero-order valence-electron chi connectivity index (χ0n) is 13.3. The molecular formula is C17H26N4. The summed E-state index contributed by atoms with van der Waals surface area (Å²) >= 11 is 0. The normalized spacial score (nSPS) is 23.9. The average Bonchev–Trinajstić information content (AvgIpc) is 2.81. The molecule has 0 amide bonds. The molecule has 2 aromatic heterocycles. The summed E-state index contributed by atoms with van der Waals surface area (Å²) in [5.41, 5.74) is 1.42. The van der Waals surface area contributed by atoms with Crippen LogP contribution in [0.5, 0.6) is 0 Å². The molecule has 1 fully saturated rings. The van der Waals surface area contributed by atoms with Crippen molar-refractivity contribution in [1.29, 1.82) is 0 Å². The van der Waals surface area contributed by atoms with Crippen molar-refractivity contribution in [2.24, 2.45) is 5.41 Å². The van der Waals surface area contributed by atoms with Gasteiger partial charge in [-0.05, 0) is 50.2 Å². The largest absolute Gasteiger partial charge is 0.305 e. The van der Waals surface area contributed by atoms with E-state index in [-0.39, 0.29) is 6.04 Å². The first-order valence-corrected chi connectivity index (χ1v) is 8.11. The first-order valence-electron chi connectivity index (χ1n) is 8.11. The zero-order chi connectivity index (χ0) is 14.9. The van der Waals surface area contributed by atoms with Crippen LogP contribution in [0.3, 0.4) is 0 Å². The summed E-state index contributed by atoms with van der Waals surface area (Å²) < 4.78 is 2.08. The summed E-state index contributed by atoms with van der Waals surface area (Å²) in [5, 5.41) is 12.4. The van der Waals surface area contributed by atoms with Gasteiger partial charge in [-0.3, -0.25) is 4.40 Å². The van der Waals surface area contributed by atoms with Gasteiger partial charge < -0.3 is 5.32 Å². The van der Waals surface area contributed by atoms with Crippen LogP contribution in [-0.2, 0) is 0 Å². The average molecular weight is 286 g/mol. The maximum Gasteiger partial charge on any atom is 0.160 e. The zero-order valence-corrected chi connectivity index (χ0v) is 13.3. The number of nitrogens with zero attached hydrogens (tertiary/aromatic N) is 3. The Hall–Kier alpha value is -1.42. The SMILES string of the molecule is CC(NC1CCCC(C)(C)CC1)c1nnc2ccccn12. The molecule has 0 aliphatic heterocycles. The summed E-state index contributed by atoms with van der Waals surface area (Å²) in [6, 6.07) is 6.85. The van der Waals surface area contributed by atoms with Crippen LogP contribution in [0, 0.1) is 5.41 Å². The molecule has 2 atom stereocenters. The third kappa shape index (κ3) is 3.26. The van der Waals surface area contributed by atoms with Crippen LogP contribution in [0.15, 0.2) is 24.4 Å². The molecule has 114 valence electrons. The lowest BCUT2D eigenvalue weighted by Crippen LogP contribution is -2.32. The molecule has 1 aliphatic carbocycles. The van der Waals surface area contributed by atoms with Crippen LogP contribution in [0.25, 0.3) is 5.65 Å². The standard InChI is InChI=1S/C17H26N4/c1-13(16-20-19-15-8-4-5-12-21(15)16)18-14-7-6-10-17(2,3)11-9-14/h4-5,8,12-14,18H,6-7,9-11H2,1-3H3. The van der Waals surface area contributed by atoms with Crippen molar-refractivity contribution in [3.05, 3.63) is 30.2 Å². The molecule has 0 bridgehead atoms. The van der Waals surface area contributed by atoms with Crippen LogP contribution in [-0.4, -0.2) is 20.6 Å². The van der Waals surface area contributed by atoms with E-state index in [9.17, 15) is 0 Å². The van der Waals surface area contributed by atoms with Gasteiger partial charge >= 0.3 is 0 Å². The predicted octanol–water partition coefficient (Wildman–Crippen LogP) is 3.74. The Morgan fingerprint density at radius 1 is 1.24 bits per heavy atom. The first-order chi connectivity index (χ1) is 10.1. The highest BCUT2D eigenvalue weighted by atomic mass is 15.3. The maximum absolute atomic E-state index is 4.36. The van der Waals surface area contributed by atoms with Crippen molar-refractivity contribution in [2.75, 3.05) is 0 Å². The van der Waals surface area contributed by atoms with E-state index in [1.54, 1.807) is 0 Å². The molecule has 4 nitrogen and oxygen atoms in total. The Kier molecular flexibility index (Phi) is 3.98. The number of rotatable bonds is 3. The molecule has 1 aliphatic rings. The quantitative estimate of drug-likeness (QED) is 0.874. The molecule has 0 radical (unpaired) electrons. The minimum atomic E-state index is 0.230. The van der Waals surface area contributed by atoms with Gasteiger partial charge in [-0.25, -0.2) is 0 Å². The van der Waals surface area contributed by atoms with Crippen molar-refractivity contribution in [3.8, 4) is 0 Å². The van der Waals surface area contributed by atoms with Crippen LogP contribution >= 0.6 is 0 Å². The molecule has 1 N–H and O–H groups in total. The van der Waals surface area contributed by atoms with E-state index in [0.717, 1.165) is 11.5 Å². The topological polar surface area (TPSA) is 42.2 Å². The van der Waals surface area contributed by atoms with Crippen LogP contribution in [0.4, 0.5) is 0 Å². The fourth-order valence-electron chi connectivity index (χ4n) is 3.41. The molecule has 0 spiro atoms. The molecule has 4 heteroatoms. The summed E-state index contributed by atoms with van der Waals surface area (Å²) in [6.45, 7) is 6.98. The number of pyridine rings is 1. The number of hydrogen-bond donors (Lipinski definition) is 1. The van der Waals surface area contributed by atoms with Crippen LogP contribution in [0.2, 0.25) is 0 Å². The predicted molar refractivity (Wildman–Crippen MR) is 85.2 cm³/mol. The van der Waals surface area contributed by atoms with E-state index in [0.29, 0.717) is 11.5 Å². The van der Waals surface area contributed by atoms with Gasteiger partial charge in [-0.1, -0.05) is 26.3 Å². The summed E-state index contributed by atoms with van der Waals surface area (Å²) in [4.78, 5) is 0. The van der Waals surface area contributed by atoms with Crippen molar-refractivity contribution < 1.29 is 0 Å². The lowest BCUT2D eigenvalue weighted by molar-refractivity contribution is 0.307. The molecule has 3 rings (SSSR count). The maximum atomic E-state index is 4.36. The van der Waals surface area contributed by atoms with Crippen LogP contribution in [0.1, 0.15) is 64.7 Å². The lowest BCUT2D eigenvalue weighted by Gasteiger charge is -2.23. The third-order valence-corrected chi connectivity index (χ3v) is 4.79. The fraction of sp³-hybridized carbons (Fsp3) is 0.647. The minimum absolute atomic E-state index is 0.230. The lowest BCUT2D eigenvalue weighted by atomic mass is 9.85. The molecule has 1 saturated carbocycles. The Labute approximate surface area is 127 Å². The van der Waals surface area contributed by atoms with Gasteiger partial charge in [-0.15, -0.1) is 10.2 Å². The Morgan fingerprint density at radius 3 is 2.95 bits per heavy atom. The van der Waals surface area contributed by atoms with Gasteiger partial charge in [0.05, 0.1) is 6.04 Å². The second-order valence-electron chi connectivity index (χ2n) is 7.17. The number of nitrogens with one attached hydrogen (secondary N) is 1. The Bertz CT molecular complexity index is 602. The molecule has 2 heterocycles. The van der Waals surface area contributed by atoms with E-state index < -0.39 is 0 Å². The number of hydrogen-bond acceptors (Lipinski definition) is 3. The van der Waals surface area contributed by atoms with Crippen molar-refractivity contribution in [3.63, 3.8) is 0 Å². The van der Waals surface area contributed by atoms with Gasteiger partial charge in [0, 0.05) is 12.2 Å². The molecule has 2 aromatic rings. The van der Waals surface area contributed by atoms with Gasteiger partial charge in [-0.2, -0.15) is 0 Å². The highest BCUT2D eigenvalue weighted by molar-refractivity contribution is 5.37. The summed E-state index contributed by atoms with van der Waals surface area (Å²) in [6.07, 6.45) is 8.53. The highest BCUT2D eigenvalue weighted by Crippen LogP contribution is 2.34. The van der Waals surface area contributed by atoms with Crippen molar-refractivity contribution in [1.82, 2.24) is 19.9 Å². The molecule has 2 unspecified atom stereocenters. The second kappa shape index (κ2) is 5.76. The molecule has 21 heavy (non-hydrogen) atoms. The number of aromatic nitrogens is 3. The monoisotopic (exact) mass is 286 g/mol. The second-order valence-corrected chi connectivity index (χ2v) is 7.17. The van der Waals surface area contributed by atoms with Gasteiger partial charge in [0.1, 0.15) is 0 Å². The van der Waals surface area contributed by atoms with E-state index in [4.69, 9.17) is 0 Å². The fourth-order valence-corrected chi connectivity index (χ4v) is 3.41. The van der Waals surface area contributed by atoms with Crippen molar-refractivity contribution >= 4 is 5.65 Å². The first kappa shape index (κ1) is 14.5. The van der Waals surface area contributed by atoms with Gasteiger partial charge in [0.25, 0.3) is 0 Å².